The Bertz CT molecular complexity index is 1000. The molecule has 0 N–H and O–H groups in total. The summed E-state index contributed by atoms with van der Waals surface area (Å²) < 4.78 is 11.1. The molecule has 0 unspecified atom stereocenters. The average Bonchev–Trinajstić information content (AvgIpc) is 2.94. The molecule has 2 aliphatic rings. The van der Waals surface area contributed by atoms with Crippen molar-refractivity contribution < 1.29 is 14.3 Å². The fraction of sp³-hybridized carbons (Fsp3) is 0.423. The first-order valence-electron chi connectivity index (χ1n) is 10.9. The molecule has 164 valence electrons. The minimum atomic E-state index is -0.455. The van der Waals surface area contributed by atoms with Gasteiger partial charge in [0, 0.05) is 23.7 Å². The minimum Gasteiger partial charge on any atom is -0.488 e. The molecule has 0 aromatic heterocycles. The van der Waals surface area contributed by atoms with Gasteiger partial charge in [0.25, 0.3) is 0 Å². The largest absolute Gasteiger partial charge is 0.488 e. The van der Waals surface area contributed by atoms with Crippen LogP contribution in [0.5, 0.6) is 5.75 Å². The van der Waals surface area contributed by atoms with Crippen molar-refractivity contribution in [1.29, 1.82) is 0 Å². The molecule has 0 atom stereocenters. The number of para-hydroxylation sites is 1. The third-order valence-electron chi connectivity index (χ3n) is 6.48. The fourth-order valence-electron chi connectivity index (χ4n) is 4.52. The van der Waals surface area contributed by atoms with Crippen LogP contribution in [0.25, 0.3) is 5.57 Å². The highest BCUT2D eigenvalue weighted by molar-refractivity contribution is 6.30. The summed E-state index contributed by atoms with van der Waals surface area (Å²) in [5.74, 6) is 0.789. The molecule has 0 aliphatic carbocycles. The van der Waals surface area contributed by atoms with E-state index in [0.717, 1.165) is 55.2 Å². The summed E-state index contributed by atoms with van der Waals surface area (Å²) in [5.41, 5.74) is 5.83. The number of piperidine rings is 1. The van der Waals surface area contributed by atoms with Crippen molar-refractivity contribution in [3.05, 3.63) is 69.8 Å². The molecular formula is C26H30ClNO3. The lowest BCUT2D eigenvalue weighted by Gasteiger charge is -2.32. The maximum absolute atomic E-state index is 12.0. The fourth-order valence-corrected chi connectivity index (χ4v) is 4.71. The van der Waals surface area contributed by atoms with Crippen molar-refractivity contribution >= 4 is 23.1 Å². The second-order valence-electron chi connectivity index (χ2n) is 9.03. The third kappa shape index (κ3) is 4.65. The van der Waals surface area contributed by atoms with Crippen LogP contribution in [0.15, 0.2) is 48.0 Å². The number of nitrogens with zero attached hydrogens (tertiary/aromatic N) is 1. The number of hydrogen-bond acceptors (Lipinski definition) is 4. The van der Waals surface area contributed by atoms with Crippen LogP contribution >= 0.6 is 11.6 Å². The number of likely N-dealkylation sites (tertiary alicyclic amines) is 1. The summed E-state index contributed by atoms with van der Waals surface area (Å²) in [4.78, 5) is 14.4. The van der Waals surface area contributed by atoms with E-state index in [-0.39, 0.29) is 5.97 Å². The van der Waals surface area contributed by atoms with Crippen molar-refractivity contribution in [2.45, 2.75) is 39.7 Å². The van der Waals surface area contributed by atoms with Crippen molar-refractivity contribution in [3.63, 3.8) is 0 Å². The van der Waals surface area contributed by atoms with E-state index >= 15 is 0 Å². The first-order chi connectivity index (χ1) is 14.9. The molecule has 31 heavy (non-hydrogen) atoms. The highest BCUT2D eigenvalue weighted by Gasteiger charge is 2.30. The van der Waals surface area contributed by atoms with Gasteiger partial charge in [0.05, 0.1) is 12.5 Å². The molecule has 2 aromatic carbocycles. The number of ether oxygens (including phenoxy) is 2. The first-order valence-corrected chi connectivity index (χ1v) is 11.3. The second-order valence-corrected chi connectivity index (χ2v) is 9.47. The summed E-state index contributed by atoms with van der Waals surface area (Å²) >= 11 is 6.29. The van der Waals surface area contributed by atoms with E-state index in [1.165, 1.54) is 29.4 Å². The lowest BCUT2D eigenvalue weighted by atomic mass is 9.86. The molecule has 0 radical (unpaired) electrons. The predicted octanol–water partition coefficient (Wildman–Crippen LogP) is 5.72. The van der Waals surface area contributed by atoms with Gasteiger partial charge in [-0.3, -0.25) is 4.79 Å². The van der Waals surface area contributed by atoms with Gasteiger partial charge in [-0.15, -0.1) is 0 Å². The standard InChI is InChI=1S/C26H30ClNO3/c1-26(2,25(29)30-3)12-15-28-13-10-18(11-14-28)24-21-9-8-20(27)16-19(21)17-31-23-7-5-4-6-22(23)24/h4-9,16H,10-15,17H2,1-3H3. The molecule has 4 rings (SSSR count). The van der Waals surface area contributed by atoms with Gasteiger partial charge in [0.15, 0.2) is 0 Å². The molecule has 0 saturated carbocycles. The molecule has 5 heteroatoms. The van der Waals surface area contributed by atoms with Crippen LogP contribution in [-0.2, 0) is 16.1 Å². The molecule has 0 amide bonds. The van der Waals surface area contributed by atoms with E-state index in [9.17, 15) is 4.79 Å². The van der Waals surface area contributed by atoms with E-state index in [2.05, 4.69) is 23.1 Å². The van der Waals surface area contributed by atoms with Gasteiger partial charge >= 0.3 is 5.97 Å². The summed E-state index contributed by atoms with van der Waals surface area (Å²) in [5, 5.41) is 0.737. The smallest absolute Gasteiger partial charge is 0.311 e. The summed E-state index contributed by atoms with van der Waals surface area (Å²) in [7, 11) is 1.46. The van der Waals surface area contributed by atoms with E-state index in [4.69, 9.17) is 21.1 Å². The number of carbonyl (C=O) groups is 1. The Hall–Kier alpha value is -2.30. The molecule has 2 aromatic rings. The molecule has 1 fully saturated rings. The van der Waals surface area contributed by atoms with Gasteiger partial charge in [-0.25, -0.2) is 0 Å². The molecule has 1 saturated heterocycles. The number of methoxy groups -OCH3 is 1. The maximum Gasteiger partial charge on any atom is 0.311 e. The maximum atomic E-state index is 12.0. The molecule has 2 aliphatic heterocycles. The first kappa shape index (κ1) is 21.9. The van der Waals surface area contributed by atoms with Gasteiger partial charge < -0.3 is 14.4 Å². The second kappa shape index (κ2) is 9.05. The number of fused-ring (bicyclic) bond motifs is 2. The van der Waals surface area contributed by atoms with Crippen LogP contribution in [0.4, 0.5) is 0 Å². The molecule has 4 nitrogen and oxygen atoms in total. The van der Waals surface area contributed by atoms with E-state index < -0.39 is 5.41 Å². The van der Waals surface area contributed by atoms with Gasteiger partial charge in [0.1, 0.15) is 12.4 Å². The Balaban J connectivity index is 1.58. The Morgan fingerprint density at radius 3 is 2.61 bits per heavy atom. The quantitative estimate of drug-likeness (QED) is 0.571. The molecular weight excluding hydrogens is 410 g/mol. The van der Waals surface area contributed by atoms with E-state index in [1.54, 1.807) is 0 Å². The predicted molar refractivity (Wildman–Crippen MR) is 124 cm³/mol. The zero-order valence-corrected chi connectivity index (χ0v) is 19.3. The van der Waals surface area contributed by atoms with Crippen LogP contribution in [0.2, 0.25) is 5.02 Å². The van der Waals surface area contributed by atoms with E-state index in [1.807, 2.05) is 38.1 Å². The van der Waals surface area contributed by atoms with Gasteiger partial charge in [-0.05, 0) is 74.6 Å². The summed E-state index contributed by atoms with van der Waals surface area (Å²) in [6.45, 7) is 7.32. The monoisotopic (exact) mass is 439 g/mol. The van der Waals surface area contributed by atoms with Crippen LogP contribution in [0, 0.1) is 5.41 Å². The summed E-state index contributed by atoms with van der Waals surface area (Å²) in [6.07, 6.45) is 2.80. The lowest BCUT2D eigenvalue weighted by Crippen LogP contribution is -2.36. The topological polar surface area (TPSA) is 38.8 Å². The SMILES string of the molecule is COC(=O)C(C)(C)CCN1CCC(=C2c3ccc(Cl)cc3COc3ccccc32)CC1. The molecule has 2 heterocycles. The average molecular weight is 440 g/mol. The Labute approximate surface area is 189 Å². The minimum absolute atomic E-state index is 0.141. The Morgan fingerprint density at radius 1 is 1.13 bits per heavy atom. The number of hydrogen-bond donors (Lipinski definition) is 0. The summed E-state index contributed by atoms with van der Waals surface area (Å²) in [6, 6.07) is 14.4. The zero-order valence-electron chi connectivity index (χ0n) is 18.5. The van der Waals surface area contributed by atoms with Crippen molar-refractivity contribution in [2.24, 2.45) is 5.41 Å². The normalized spacial score (nSPS) is 16.8. The van der Waals surface area contributed by atoms with Gasteiger partial charge in [-0.2, -0.15) is 0 Å². The van der Waals surface area contributed by atoms with Crippen LogP contribution in [0.3, 0.4) is 0 Å². The molecule has 0 bridgehead atoms. The number of esters is 1. The van der Waals surface area contributed by atoms with Crippen molar-refractivity contribution in [1.82, 2.24) is 4.90 Å². The Kier molecular flexibility index (Phi) is 6.40. The van der Waals surface area contributed by atoms with Crippen LogP contribution in [0.1, 0.15) is 49.8 Å². The van der Waals surface area contributed by atoms with Crippen molar-refractivity contribution in [3.8, 4) is 5.75 Å². The lowest BCUT2D eigenvalue weighted by molar-refractivity contribution is -0.151. The number of halogens is 1. The van der Waals surface area contributed by atoms with Crippen molar-refractivity contribution in [2.75, 3.05) is 26.7 Å². The van der Waals surface area contributed by atoms with E-state index in [0.29, 0.717) is 6.61 Å². The zero-order chi connectivity index (χ0) is 22.0. The van der Waals surface area contributed by atoms with Crippen LogP contribution < -0.4 is 4.74 Å². The highest BCUT2D eigenvalue weighted by Crippen LogP contribution is 2.41. The number of rotatable bonds is 4. The van der Waals surface area contributed by atoms with Crippen LogP contribution in [-0.4, -0.2) is 37.6 Å². The molecule has 0 spiro atoms. The van der Waals surface area contributed by atoms with Gasteiger partial charge in [-0.1, -0.05) is 41.4 Å². The third-order valence-corrected chi connectivity index (χ3v) is 6.72. The number of benzene rings is 2. The highest BCUT2D eigenvalue weighted by atomic mass is 35.5. The Morgan fingerprint density at radius 2 is 1.87 bits per heavy atom. The van der Waals surface area contributed by atoms with Gasteiger partial charge in [0.2, 0.25) is 0 Å². The number of carbonyl (C=O) groups excluding carboxylic acids is 1.